The summed E-state index contributed by atoms with van der Waals surface area (Å²) in [5.41, 5.74) is 1.40. The van der Waals surface area contributed by atoms with Crippen LogP contribution >= 0.6 is 22.9 Å². The predicted molar refractivity (Wildman–Crippen MR) is 101 cm³/mol. The molecule has 0 aliphatic carbocycles. The Hall–Kier alpha value is -2.10. The van der Waals surface area contributed by atoms with Gasteiger partial charge in [0.05, 0.1) is 30.2 Å². The Morgan fingerprint density at radius 3 is 3.04 bits per heavy atom. The lowest BCUT2D eigenvalue weighted by atomic mass is 10.2. The number of thiazole rings is 1. The van der Waals surface area contributed by atoms with E-state index in [2.05, 4.69) is 9.59 Å². The number of aryl methyl sites for hydroxylation is 1. The van der Waals surface area contributed by atoms with Gasteiger partial charge in [-0.2, -0.15) is 0 Å². The van der Waals surface area contributed by atoms with Gasteiger partial charge in [-0.05, 0) is 43.4 Å². The average Bonchev–Trinajstić information content (AvgIpc) is 3.38. The van der Waals surface area contributed by atoms with Crippen LogP contribution in [0.4, 0.5) is 5.13 Å². The second-order valence-electron chi connectivity index (χ2n) is 6.04. The first-order valence-corrected chi connectivity index (χ1v) is 9.92. The lowest BCUT2D eigenvalue weighted by Crippen LogP contribution is -2.37. The molecule has 2 aromatic heterocycles. The van der Waals surface area contributed by atoms with Crippen molar-refractivity contribution < 1.29 is 14.3 Å². The van der Waals surface area contributed by atoms with E-state index in [1.54, 1.807) is 18.9 Å². The van der Waals surface area contributed by atoms with Gasteiger partial charge in [-0.25, -0.2) is 4.98 Å². The zero-order chi connectivity index (χ0) is 18.1. The minimum Gasteiger partial charge on any atom is -0.494 e. The fraction of sp³-hybridized carbons (Fsp3) is 0.412. The molecule has 1 aliphatic rings. The molecule has 136 valence electrons. The van der Waals surface area contributed by atoms with Crippen LogP contribution in [0.5, 0.6) is 5.75 Å². The van der Waals surface area contributed by atoms with Crippen LogP contribution in [-0.2, 0) is 4.74 Å². The molecule has 0 N–H and O–H groups in total. The first kappa shape index (κ1) is 17.3. The molecule has 1 saturated heterocycles. The highest BCUT2D eigenvalue weighted by Gasteiger charge is 2.29. The summed E-state index contributed by atoms with van der Waals surface area (Å²) < 4.78 is 16.0. The minimum absolute atomic E-state index is 0.0223. The average molecular weight is 390 g/mol. The molecule has 1 atom stereocenters. The molecule has 1 fully saturated rings. The number of hydrogen-bond donors (Lipinski definition) is 0. The van der Waals surface area contributed by atoms with Crippen LogP contribution in [0.25, 0.3) is 10.2 Å². The molecule has 9 heteroatoms. The van der Waals surface area contributed by atoms with E-state index < -0.39 is 0 Å². The van der Waals surface area contributed by atoms with E-state index in [1.165, 1.54) is 11.3 Å². The highest BCUT2D eigenvalue weighted by atomic mass is 32.1. The molecule has 1 aromatic carbocycles. The molecule has 1 unspecified atom stereocenters. The first-order chi connectivity index (χ1) is 12.7. The quantitative estimate of drug-likeness (QED) is 0.665. The highest BCUT2D eigenvalue weighted by Crippen LogP contribution is 2.35. The Kier molecular flexibility index (Phi) is 4.84. The number of anilines is 1. The third-order valence-electron chi connectivity index (χ3n) is 4.32. The number of aromatic nitrogens is 3. The van der Waals surface area contributed by atoms with Gasteiger partial charge in [0.15, 0.2) is 5.13 Å². The molecule has 3 heterocycles. The summed E-state index contributed by atoms with van der Waals surface area (Å²) in [4.78, 5) is 20.1. The Bertz CT molecular complexity index is 933. The molecule has 1 aliphatic heterocycles. The monoisotopic (exact) mass is 390 g/mol. The van der Waals surface area contributed by atoms with Gasteiger partial charge in [-0.1, -0.05) is 21.9 Å². The van der Waals surface area contributed by atoms with Crippen LogP contribution in [-0.4, -0.2) is 46.8 Å². The second kappa shape index (κ2) is 7.26. The number of para-hydroxylation sites is 1. The van der Waals surface area contributed by atoms with Crippen molar-refractivity contribution in [3.05, 3.63) is 28.8 Å². The van der Waals surface area contributed by atoms with Crippen molar-refractivity contribution in [3.63, 3.8) is 0 Å². The van der Waals surface area contributed by atoms with E-state index in [0.717, 1.165) is 41.2 Å². The van der Waals surface area contributed by atoms with Crippen molar-refractivity contribution in [1.82, 2.24) is 14.6 Å². The SMILES string of the molecule is COc1cccc2sc(N(CC3CCCO3)C(=O)c3snnc3C)nc12. The Labute approximate surface area is 158 Å². The lowest BCUT2D eigenvalue weighted by Gasteiger charge is -2.22. The molecule has 7 nitrogen and oxygen atoms in total. The van der Waals surface area contributed by atoms with E-state index in [1.807, 2.05) is 18.2 Å². The number of benzene rings is 1. The molecular formula is C17H18N4O3S2. The second-order valence-corrected chi connectivity index (χ2v) is 7.80. The summed E-state index contributed by atoms with van der Waals surface area (Å²) in [6.45, 7) is 3.00. The minimum atomic E-state index is -0.133. The largest absolute Gasteiger partial charge is 0.494 e. The topological polar surface area (TPSA) is 77.4 Å². The van der Waals surface area contributed by atoms with E-state index in [0.29, 0.717) is 28.0 Å². The van der Waals surface area contributed by atoms with Gasteiger partial charge < -0.3 is 9.47 Å². The van der Waals surface area contributed by atoms with Gasteiger partial charge in [0.25, 0.3) is 5.91 Å². The fourth-order valence-electron chi connectivity index (χ4n) is 2.98. The molecule has 0 saturated carbocycles. The van der Waals surface area contributed by atoms with Crippen LogP contribution in [0.2, 0.25) is 0 Å². The number of carbonyl (C=O) groups is 1. The lowest BCUT2D eigenvalue weighted by molar-refractivity contribution is 0.0920. The number of fused-ring (bicyclic) bond motifs is 1. The maximum atomic E-state index is 13.2. The Morgan fingerprint density at radius 2 is 2.35 bits per heavy atom. The Morgan fingerprint density at radius 1 is 1.46 bits per heavy atom. The van der Waals surface area contributed by atoms with Gasteiger partial charge >= 0.3 is 0 Å². The predicted octanol–water partition coefficient (Wildman–Crippen LogP) is 3.29. The van der Waals surface area contributed by atoms with E-state index in [9.17, 15) is 4.79 Å². The molecule has 0 bridgehead atoms. The zero-order valence-electron chi connectivity index (χ0n) is 14.5. The number of methoxy groups -OCH3 is 1. The first-order valence-electron chi connectivity index (χ1n) is 8.33. The number of amides is 1. The zero-order valence-corrected chi connectivity index (χ0v) is 16.1. The number of rotatable bonds is 5. The third-order valence-corrected chi connectivity index (χ3v) is 6.18. The number of hydrogen-bond acceptors (Lipinski definition) is 8. The van der Waals surface area contributed by atoms with Crippen molar-refractivity contribution in [2.24, 2.45) is 0 Å². The third kappa shape index (κ3) is 3.17. The highest BCUT2D eigenvalue weighted by molar-refractivity contribution is 7.22. The van der Waals surface area contributed by atoms with E-state index in [4.69, 9.17) is 14.5 Å². The molecule has 3 aromatic rings. The fourth-order valence-corrected chi connectivity index (χ4v) is 4.58. The van der Waals surface area contributed by atoms with Gasteiger partial charge in [-0.15, -0.1) is 5.10 Å². The van der Waals surface area contributed by atoms with Gasteiger partial charge in [-0.3, -0.25) is 9.69 Å². The summed E-state index contributed by atoms with van der Waals surface area (Å²) >= 11 is 2.58. The molecule has 0 radical (unpaired) electrons. The number of nitrogens with zero attached hydrogens (tertiary/aromatic N) is 4. The summed E-state index contributed by atoms with van der Waals surface area (Å²) in [5.74, 6) is 0.566. The molecule has 4 rings (SSSR count). The molecule has 26 heavy (non-hydrogen) atoms. The van der Waals surface area contributed by atoms with Crippen LogP contribution in [0, 0.1) is 6.92 Å². The van der Waals surface area contributed by atoms with Gasteiger partial charge in [0.2, 0.25) is 0 Å². The van der Waals surface area contributed by atoms with Crippen molar-refractivity contribution >= 4 is 44.1 Å². The van der Waals surface area contributed by atoms with Crippen molar-refractivity contribution in [1.29, 1.82) is 0 Å². The summed E-state index contributed by atoms with van der Waals surface area (Å²) in [5, 5.41) is 4.61. The number of carbonyl (C=O) groups excluding carboxylic acids is 1. The van der Waals surface area contributed by atoms with Crippen molar-refractivity contribution in [3.8, 4) is 5.75 Å². The van der Waals surface area contributed by atoms with Crippen LogP contribution in [0.1, 0.15) is 28.2 Å². The normalized spacial score (nSPS) is 16.9. The van der Waals surface area contributed by atoms with Gasteiger partial charge in [0.1, 0.15) is 16.1 Å². The Balaban J connectivity index is 1.74. The van der Waals surface area contributed by atoms with Crippen LogP contribution in [0.3, 0.4) is 0 Å². The standard InChI is InChI=1S/C17H18N4O3S2/c1-10-15(26-20-19-10)16(22)21(9-11-5-4-8-24-11)17-18-14-12(23-2)6-3-7-13(14)25-17/h3,6-7,11H,4-5,8-9H2,1-2H3. The van der Waals surface area contributed by atoms with E-state index >= 15 is 0 Å². The van der Waals surface area contributed by atoms with Crippen LogP contribution in [0.15, 0.2) is 18.2 Å². The summed E-state index contributed by atoms with van der Waals surface area (Å²) in [6, 6.07) is 5.77. The molecular weight excluding hydrogens is 372 g/mol. The van der Waals surface area contributed by atoms with E-state index in [-0.39, 0.29) is 12.0 Å². The summed E-state index contributed by atoms with van der Waals surface area (Å²) in [6.07, 6.45) is 1.98. The maximum absolute atomic E-state index is 13.2. The smallest absolute Gasteiger partial charge is 0.273 e. The summed E-state index contributed by atoms with van der Waals surface area (Å²) in [7, 11) is 1.62. The molecule has 1 amide bonds. The van der Waals surface area contributed by atoms with Gasteiger partial charge in [0, 0.05) is 6.61 Å². The number of ether oxygens (including phenoxy) is 2. The van der Waals surface area contributed by atoms with Crippen molar-refractivity contribution in [2.45, 2.75) is 25.9 Å². The maximum Gasteiger partial charge on any atom is 0.273 e. The van der Waals surface area contributed by atoms with Crippen LogP contribution < -0.4 is 9.64 Å². The molecule has 0 spiro atoms. The van der Waals surface area contributed by atoms with Crippen molar-refractivity contribution in [2.75, 3.05) is 25.2 Å².